The number of nitrogens with zero attached hydrogens (tertiary/aromatic N) is 1. The predicted molar refractivity (Wildman–Crippen MR) is 67.5 cm³/mol. The molecule has 2 atom stereocenters. The molecule has 19 heavy (non-hydrogen) atoms. The molecule has 1 rings (SSSR count). The zero-order chi connectivity index (χ0) is 14.6. The Morgan fingerprint density at radius 3 is 2.47 bits per heavy atom. The second-order valence-electron chi connectivity index (χ2n) is 5.45. The predicted octanol–water partition coefficient (Wildman–Crippen LogP) is 2.91. The summed E-state index contributed by atoms with van der Waals surface area (Å²) in [5.41, 5.74) is 0. The van der Waals surface area contributed by atoms with Crippen LogP contribution in [0.25, 0.3) is 0 Å². The molecule has 0 bridgehead atoms. The molecular weight excluding hydrogens is 257 g/mol. The third-order valence-corrected chi connectivity index (χ3v) is 3.36. The van der Waals surface area contributed by atoms with Gasteiger partial charge in [0.25, 0.3) is 0 Å². The van der Waals surface area contributed by atoms with E-state index < -0.39 is 12.6 Å². The smallest absolute Gasteiger partial charge is 0.326 e. The van der Waals surface area contributed by atoms with Gasteiger partial charge in [-0.3, -0.25) is 10.1 Å². The molecular formula is C13H23F3N2O. The minimum absolute atomic E-state index is 0.0288. The van der Waals surface area contributed by atoms with E-state index in [1.807, 2.05) is 20.8 Å². The minimum atomic E-state index is -4.15. The molecule has 2 unspecified atom stereocenters. The maximum Gasteiger partial charge on any atom is 0.389 e. The molecule has 1 fully saturated rings. The fourth-order valence-corrected chi connectivity index (χ4v) is 2.45. The van der Waals surface area contributed by atoms with Gasteiger partial charge in [-0.1, -0.05) is 27.2 Å². The molecule has 6 heteroatoms. The molecule has 0 aromatic heterocycles. The Bertz CT molecular complexity index is 305. The van der Waals surface area contributed by atoms with Crippen LogP contribution >= 0.6 is 0 Å². The first kappa shape index (κ1) is 16.3. The Labute approximate surface area is 112 Å². The van der Waals surface area contributed by atoms with Gasteiger partial charge in [0.05, 0.1) is 12.2 Å². The third-order valence-electron chi connectivity index (χ3n) is 3.36. The number of hydrogen-bond acceptors (Lipinski definition) is 2. The number of amides is 1. The summed E-state index contributed by atoms with van der Waals surface area (Å²) < 4.78 is 36.5. The van der Waals surface area contributed by atoms with Crippen molar-refractivity contribution in [1.29, 1.82) is 0 Å². The molecule has 1 aliphatic rings. The molecule has 3 nitrogen and oxygen atoms in total. The highest BCUT2D eigenvalue weighted by atomic mass is 19.4. The van der Waals surface area contributed by atoms with E-state index in [4.69, 9.17) is 0 Å². The molecule has 0 aliphatic carbocycles. The van der Waals surface area contributed by atoms with Crippen LogP contribution in [-0.4, -0.2) is 35.7 Å². The van der Waals surface area contributed by atoms with Gasteiger partial charge >= 0.3 is 6.18 Å². The Kier molecular flexibility index (Phi) is 5.64. The second kappa shape index (κ2) is 6.59. The SMILES string of the molecule is CCCC1NC(C(C)C)N(CCCC(F)(F)F)C1=O. The van der Waals surface area contributed by atoms with Gasteiger partial charge in [0.15, 0.2) is 0 Å². The highest BCUT2D eigenvalue weighted by Crippen LogP contribution is 2.24. The molecule has 0 saturated carbocycles. The summed E-state index contributed by atoms with van der Waals surface area (Å²) in [4.78, 5) is 13.7. The van der Waals surface area contributed by atoms with Gasteiger partial charge in [0, 0.05) is 13.0 Å². The zero-order valence-corrected chi connectivity index (χ0v) is 11.8. The number of carbonyl (C=O) groups is 1. The first-order valence-corrected chi connectivity index (χ1v) is 6.89. The van der Waals surface area contributed by atoms with E-state index in [2.05, 4.69) is 5.32 Å². The highest BCUT2D eigenvalue weighted by Gasteiger charge is 2.39. The van der Waals surface area contributed by atoms with Gasteiger partial charge in [-0.05, 0) is 18.8 Å². The van der Waals surface area contributed by atoms with Crippen LogP contribution < -0.4 is 5.32 Å². The molecule has 1 aliphatic heterocycles. The van der Waals surface area contributed by atoms with Crippen molar-refractivity contribution in [2.75, 3.05) is 6.54 Å². The second-order valence-corrected chi connectivity index (χ2v) is 5.45. The summed E-state index contributed by atoms with van der Waals surface area (Å²) in [6.45, 7) is 6.10. The molecule has 0 aromatic rings. The van der Waals surface area contributed by atoms with Crippen molar-refractivity contribution >= 4 is 5.91 Å². The fraction of sp³-hybridized carbons (Fsp3) is 0.923. The lowest BCUT2D eigenvalue weighted by Gasteiger charge is -2.27. The third kappa shape index (κ3) is 4.67. The van der Waals surface area contributed by atoms with E-state index in [0.29, 0.717) is 0 Å². The Hall–Kier alpha value is -0.780. The van der Waals surface area contributed by atoms with Crippen LogP contribution in [-0.2, 0) is 4.79 Å². The standard InChI is InChI=1S/C13H23F3N2O/c1-4-6-10-12(19)18(11(17-10)9(2)3)8-5-7-13(14,15)16/h9-11,17H,4-8H2,1-3H3. The van der Waals surface area contributed by atoms with Crippen LogP contribution in [0.15, 0.2) is 0 Å². The maximum absolute atomic E-state index is 12.2. The van der Waals surface area contributed by atoms with Crippen LogP contribution in [0.2, 0.25) is 0 Å². The highest BCUT2D eigenvalue weighted by molar-refractivity contribution is 5.84. The van der Waals surface area contributed by atoms with Crippen molar-refractivity contribution < 1.29 is 18.0 Å². The van der Waals surface area contributed by atoms with Crippen molar-refractivity contribution in [2.24, 2.45) is 5.92 Å². The molecule has 1 heterocycles. The topological polar surface area (TPSA) is 32.3 Å². The number of halogens is 3. The van der Waals surface area contributed by atoms with Gasteiger partial charge in [0.2, 0.25) is 5.91 Å². The normalized spacial score (nSPS) is 24.6. The zero-order valence-electron chi connectivity index (χ0n) is 11.8. The van der Waals surface area contributed by atoms with Crippen molar-refractivity contribution in [3.8, 4) is 0 Å². The number of carbonyl (C=O) groups excluding carboxylic acids is 1. The van der Waals surface area contributed by atoms with Crippen molar-refractivity contribution in [1.82, 2.24) is 10.2 Å². The lowest BCUT2D eigenvalue weighted by Crippen LogP contribution is -2.42. The van der Waals surface area contributed by atoms with Gasteiger partial charge in [-0.15, -0.1) is 0 Å². The molecule has 1 amide bonds. The molecule has 1 saturated heterocycles. The first-order valence-electron chi connectivity index (χ1n) is 6.89. The van der Waals surface area contributed by atoms with Crippen LogP contribution in [0.5, 0.6) is 0 Å². The Balaban J connectivity index is 2.59. The average molecular weight is 280 g/mol. The van der Waals surface area contributed by atoms with Crippen molar-refractivity contribution in [2.45, 2.75) is 64.8 Å². The number of rotatable bonds is 6. The molecule has 0 aromatic carbocycles. The monoisotopic (exact) mass is 280 g/mol. The van der Waals surface area contributed by atoms with Gasteiger partial charge in [0.1, 0.15) is 0 Å². The average Bonchev–Trinajstić information content (AvgIpc) is 2.57. The molecule has 112 valence electrons. The van der Waals surface area contributed by atoms with E-state index in [-0.39, 0.29) is 37.0 Å². The van der Waals surface area contributed by atoms with Crippen LogP contribution in [0, 0.1) is 5.92 Å². The Morgan fingerprint density at radius 1 is 1.37 bits per heavy atom. The van der Waals surface area contributed by atoms with Gasteiger partial charge in [-0.2, -0.15) is 13.2 Å². The van der Waals surface area contributed by atoms with Crippen molar-refractivity contribution in [3.05, 3.63) is 0 Å². The lowest BCUT2D eigenvalue weighted by atomic mass is 10.1. The first-order chi connectivity index (χ1) is 8.76. The summed E-state index contributed by atoms with van der Waals surface area (Å²) in [6, 6.07) is -0.233. The van der Waals surface area contributed by atoms with Crippen LogP contribution in [0.1, 0.15) is 46.5 Å². The van der Waals surface area contributed by atoms with Crippen LogP contribution in [0.4, 0.5) is 13.2 Å². The van der Waals surface area contributed by atoms with Gasteiger partial charge in [-0.25, -0.2) is 0 Å². The number of nitrogens with one attached hydrogen (secondary N) is 1. The maximum atomic E-state index is 12.2. The largest absolute Gasteiger partial charge is 0.389 e. The Morgan fingerprint density at radius 2 is 2.00 bits per heavy atom. The van der Waals surface area contributed by atoms with E-state index in [0.717, 1.165) is 12.8 Å². The van der Waals surface area contributed by atoms with E-state index in [1.165, 1.54) is 0 Å². The summed E-state index contributed by atoms with van der Waals surface area (Å²) >= 11 is 0. The summed E-state index contributed by atoms with van der Waals surface area (Å²) in [7, 11) is 0. The lowest BCUT2D eigenvalue weighted by molar-refractivity contribution is -0.140. The summed E-state index contributed by atoms with van der Waals surface area (Å²) in [5.74, 6) is 0.138. The molecule has 1 N–H and O–H groups in total. The van der Waals surface area contributed by atoms with E-state index in [9.17, 15) is 18.0 Å². The van der Waals surface area contributed by atoms with E-state index >= 15 is 0 Å². The quantitative estimate of drug-likeness (QED) is 0.811. The molecule has 0 radical (unpaired) electrons. The van der Waals surface area contributed by atoms with Crippen LogP contribution in [0.3, 0.4) is 0 Å². The molecule has 0 spiro atoms. The summed E-state index contributed by atoms with van der Waals surface area (Å²) in [5, 5.41) is 3.23. The number of hydrogen-bond donors (Lipinski definition) is 1. The number of alkyl halides is 3. The fourth-order valence-electron chi connectivity index (χ4n) is 2.45. The van der Waals surface area contributed by atoms with Crippen molar-refractivity contribution in [3.63, 3.8) is 0 Å². The van der Waals surface area contributed by atoms with E-state index in [1.54, 1.807) is 4.90 Å². The summed E-state index contributed by atoms with van der Waals surface area (Å²) in [6.07, 6.45) is -3.54. The van der Waals surface area contributed by atoms with Gasteiger partial charge < -0.3 is 4.90 Å². The minimum Gasteiger partial charge on any atom is -0.326 e.